The molecule has 112 valence electrons. The van der Waals surface area contributed by atoms with Crippen LogP contribution in [-0.2, 0) is 6.54 Å². The Labute approximate surface area is 125 Å². The number of benzene rings is 2. The maximum atomic E-state index is 13.2. The van der Waals surface area contributed by atoms with Gasteiger partial charge in [-0.3, -0.25) is 0 Å². The molecule has 0 aliphatic rings. The van der Waals surface area contributed by atoms with Gasteiger partial charge in [-0.2, -0.15) is 0 Å². The molecule has 0 aliphatic heterocycles. The highest BCUT2D eigenvalue weighted by Crippen LogP contribution is 2.20. The Morgan fingerprint density at radius 3 is 2.43 bits per heavy atom. The summed E-state index contributed by atoms with van der Waals surface area (Å²) in [6.45, 7) is 2.75. The minimum atomic E-state index is -0.224. The largest absolute Gasteiger partial charge is 0.306 e. The van der Waals surface area contributed by atoms with Crippen LogP contribution < -0.4 is 5.32 Å². The van der Waals surface area contributed by atoms with Gasteiger partial charge in [-0.25, -0.2) is 8.78 Å². The fourth-order valence-corrected chi connectivity index (χ4v) is 2.38. The number of rotatable bonds is 7. The molecule has 0 bridgehead atoms. The third-order valence-corrected chi connectivity index (χ3v) is 3.56. The van der Waals surface area contributed by atoms with Crippen molar-refractivity contribution in [2.24, 2.45) is 0 Å². The highest BCUT2D eigenvalue weighted by atomic mass is 19.1. The van der Waals surface area contributed by atoms with E-state index in [-0.39, 0.29) is 17.7 Å². The number of nitrogens with one attached hydrogen (secondary N) is 1. The monoisotopic (exact) mass is 289 g/mol. The molecule has 0 fully saturated rings. The average Bonchev–Trinajstić information content (AvgIpc) is 2.49. The molecule has 1 unspecified atom stereocenters. The number of unbranched alkanes of at least 4 members (excludes halogenated alkanes) is 1. The molecule has 1 N–H and O–H groups in total. The molecule has 0 spiro atoms. The second kappa shape index (κ2) is 7.89. The summed E-state index contributed by atoms with van der Waals surface area (Å²) in [5.74, 6) is -0.445. The summed E-state index contributed by atoms with van der Waals surface area (Å²) < 4.78 is 26.2. The van der Waals surface area contributed by atoms with Gasteiger partial charge in [-0.05, 0) is 41.8 Å². The molecule has 3 heteroatoms. The normalized spacial score (nSPS) is 12.3. The van der Waals surface area contributed by atoms with Crippen molar-refractivity contribution in [3.8, 4) is 0 Å². The maximum Gasteiger partial charge on any atom is 0.123 e. The third-order valence-electron chi connectivity index (χ3n) is 3.56. The SMILES string of the molecule is CCCCC(NCc1cccc(F)c1)c1ccc(F)cc1. The van der Waals surface area contributed by atoms with E-state index >= 15 is 0 Å². The lowest BCUT2D eigenvalue weighted by Crippen LogP contribution is -2.21. The first-order valence-electron chi connectivity index (χ1n) is 7.42. The predicted molar refractivity (Wildman–Crippen MR) is 81.9 cm³/mol. The Bertz CT molecular complexity index is 551. The Kier molecular flexibility index (Phi) is 5.88. The molecule has 2 aromatic carbocycles. The average molecular weight is 289 g/mol. The molecule has 0 aliphatic carbocycles. The van der Waals surface area contributed by atoms with E-state index < -0.39 is 0 Å². The van der Waals surface area contributed by atoms with Gasteiger partial charge in [0.15, 0.2) is 0 Å². The van der Waals surface area contributed by atoms with E-state index in [9.17, 15) is 8.78 Å². The number of halogens is 2. The van der Waals surface area contributed by atoms with E-state index in [1.807, 2.05) is 18.2 Å². The van der Waals surface area contributed by atoms with Gasteiger partial charge in [0.2, 0.25) is 0 Å². The molecule has 0 aromatic heterocycles. The van der Waals surface area contributed by atoms with Gasteiger partial charge in [0.05, 0.1) is 0 Å². The van der Waals surface area contributed by atoms with Crippen molar-refractivity contribution in [3.63, 3.8) is 0 Å². The number of hydrogen-bond acceptors (Lipinski definition) is 1. The van der Waals surface area contributed by atoms with Crippen molar-refractivity contribution in [2.75, 3.05) is 0 Å². The third kappa shape index (κ3) is 4.94. The summed E-state index contributed by atoms with van der Waals surface area (Å²) in [4.78, 5) is 0. The molecule has 2 aromatic rings. The van der Waals surface area contributed by atoms with E-state index in [4.69, 9.17) is 0 Å². The van der Waals surface area contributed by atoms with Gasteiger partial charge >= 0.3 is 0 Å². The van der Waals surface area contributed by atoms with Gasteiger partial charge in [-0.15, -0.1) is 0 Å². The quantitative estimate of drug-likeness (QED) is 0.757. The minimum absolute atomic E-state index is 0.161. The van der Waals surface area contributed by atoms with Crippen LogP contribution in [0.4, 0.5) is 8.78 Å². The van der Waals surface area contributed by atoms with Crippen LogP contribution in [0.2, 0.25) is 0 Å². The van der Waals surface area contributed by atoms with E-state index in [0.29, 0.717) is 6.54 Å². The van der Waals surface area contributed by atoms with Gasteiger partial charge in [0, 0.05) is 12.6 Å². The van der Waals surface area contributed by atoms with Crippen molar-refractivity contribution in [1.82, 2.24) is 5.32 Å². The zero-order valence-electron chi connectivity index (χ0n) is 12.3. The van der Waals surface area contributed by atoms with Crippen LogP contribution in [0.15, 0.2) is 48.5 Å². The smallest absolute Gasteiger partial charge is 0.123 e. The molecule has 0 saturated heterocycles. The molecule has 0 amide bonds. The van der Waals surface area contributed by atoms with Crippen LogP contribution in [0, 0.1) is 11.6 Å². The Morgan fingerprint density at radius 2 is 1.76 bits per heavy atom. The highest BCUT2D eigenvalue weighted by molar-refractivity contribution is 5.21. The highest BCUT2D eigenvalue weighted by Gasteiger charge is 2.10. The van der Waals surface area contributed by atoms with Crippen LogP contribution >= 0.6 is 0 Å². The predicted octanol–water partition coefficient (Wildman–Crippen LogP) is 4.99. The lowest BCUT2D eigenvalue weighted by Gasteiger charge is -2.19. The summed E-state index contributed by atoms with van der Waals surface area (Å²) in [5.41, 5.74) is 1.99. The van der Waals surface area contributed by atoms with Crippen molar-refractivity contribution in [2.45, 2.75) is 38.8 Å². The van der Waals surface area contributed by atoms with E-state index in [1.165, 1.54) is 24.3 Å². The van der Waals surface area contributed by atoms with Crippen LogP contribution in [0.1, 0.15) is 43.4 Å². The summed E-state index contributed by atoms with van der Waals surface area (Å²) in [7, 11) is 0. The molecule has 0 radical (unpaired) electrons. The van der Waals surface area contributed by atoms with Crippen molar-refractivity contribution >= 4 is 0 Å². The Hall–Kier alpha value is -1.74. The second-order valence-electron chi connectivity index (χ2n) is 5.26. The van der Waals surface area contributed by atoms with Crippen molar-refractivity contribution in [3.05, 3.63) is 71.3 Å². The number of hydrogen-bond donors (Lipinski definition) is 1. The van der Waals surface area contributed by atoms with E-state index in [2.05, 4.69) is 12.2 Å². The Morgan fingerprint density at radius 1 is 1.00 bits per heavy atom. The maximum absolute atomic E-state index is 13.2. The first-order valence-corrected chi connectivity index (χ1v) is 7.42. The zero-order valence-corrected chi connectivity index (χ0v) is 12.3. The van der Waals surface area contributed by atoms with E-state index in [0.717, 1.165) is 30.4 Å². The van der Waals surface area contributed by atoms with E-state index in [1.54, 1.807) is 6.07 Å². The van der Waals surface area contributed by atoms with Gasteiger partial charge in [-0.1, -0.05) is 44.0 Å². The van der Waals surface area contributed by atoms with Gasteiger partial charge in [0.1, 0.15) is 11.6 Å². The van der Waals surface area contributed by atoms with Crippen LogP contribution in [0.5, 0.6) is 0 Å². The van der Waals surface area contributed by atoms with Crippen molar-refractivity contribution < 1.29 is 8.78 Å². The van der Waals surface area contributed by atoms with Gasteiger partial charge in [0.25, 0.3) is 0 Å². The van der Waals surface area contributed by atoms with Crippen LogP contribution in [0.25, 0.3) is 0 Å². The second-order valence-corrected chi connectivity index (χ2v) is 5.26. The topological polar surface area (TPSA) is 12.0 Å². The summed E-state index contributed by atoms with van der Waals surface area (Å²) in [6.07, 6.45) is 3.19. The molecule has 0 heterocycles. The molecule has 21 heavy (non-hydrogen) atoms. The first kappa shape index (κ1) is 15.6. The van der Waals surface area contributed by atoms with Crippen LogP contribution in [0.3, 0.4) is 0 Å². The first-order chi connectivity index (χ1) is 10.2. The molecule has 0 saturated carbocycles. The standard InChI is InChI=1S/C18H21F2N/c1-2-3-7-18(15-8-10-16(19)11-9-15)21-13-14-5-4-6-17(20)12-14/h4-6,8-12,18,21H,2-3,7,13H2,1H3. The zero-order chi connectivity index (χ0) is 15.1. The molecule has 1 nitrogen and oxygen atoms in total. The van der Waals surface area contributed by atoms with Crippen LogP contribution in [-0.4, -0.2) is 0 Å². The summed E-state index contributed by atoms with van der Waals surface area (Å²) in [5, 5.41) is 3.44. The fourth-order valence-electron chi connectivity index (χ4n) is 2.38. The molecular formula is C18H21F2N. The molecule has 2 rings (SSSR count). The summed E-state index contributed by atoms with van der Waals surface area (Å²) >= 11 is 0. The lowest BCUT2D eigenvalue weighted by molar-refractivity contribution is 0.478. The minimum Gasteiger partial charge on any atom is -0.306 e. The summed E-state index contributed by atoms with van der Waals surface area (Å²) in [6, 6.07) is 13.3. The Balaban J connectivity index is 2.04. The van der Waals surface area contributed by atoms with Crippen molar-refractivity contribution in [1.29, 1.82) is 0 Å². The lowest BCUT2D eigenvalue weighted by atomic mass is 10.0. The fraction of sp³-hybridized carbons (Fsp3) is 0.333. The molecule has 1 atom stereocenters. The molecular weight excluding hydrogens is 268 g/mol. The van der Waals surface area contributed by atoms with Gasteiger partial charge < -0.3 is 5.32 Å².